The quantitative estimate of drug-likeness (QED) is 0.553. The molecular weight excluding hydrogens is 460 g/mol. The number of nitrogens with one attached hydrogen (secondary N) is 1. The van der Waals surface area contributed by atoms with E-state index >= 15 is 0 Å². The van der Waals surface area contributed by atoms with E-state index in [1.807, 2.05) is 0 Å². The summed E-state index contributed by atoms with van der Waals surface area (Å²) in [6.45, 7) is 5.60. The Bertz CT molecular complexity index is 1280. The fourth-order valence-electron chi connectivity index (χ4n) is 3.72. The number of carbonyl (C=O) groups is 3. The summed E-state index contributed by atoms with van der Waals surface area (Å²) in [5.74, 6) is -1.58. The molecule has 0 atom stereocenters. The number of aromatic nitrogens is 2. The number of carboxylic acids is 1. The van der Waals surface area contributed by atoms with E-state index in [1.54, 1.807) is 74.2 Å². The molecule has 0 unspecified atom stereocenters. The number of hydrogen-bond donors (Lipinski definition) is 2. The molecule has 2 aromatic carbocycles. The van der Waals surface area contributed by atoms with Crippen LogP contribution in [0.4, 0.5) is 16.2 Å². The molecule has 34 heavy (non-hydrogen) atoms. The van der Waals surface area contributed by atoms with E-state index in [0.717, 1.165) is 0 Å². The van der Waals surface area contributed by atoms with Gasteiger partial charge in [0.05, 0.1) is 5.69 Å². The van der Waals surface area contributed by atoms with E-state index in [-0.39, 0.29) is 23.8 Å². The molecule has 0 fully saturated rings. The van der Waals surface area contributed by atoms with Crippen molar-refractivity contribution in [2.75, 3.05) is 16.8 Å². The lowest BCUT2D eigenvalue weighted by atomic mass is 10.0. The van der Waals surface area contributed by atoms with E-state index in [9.17, 15) is 19.5 Å². The number of rotatable bonds is 4. The first-order valence-corrected chi connectivity index (χ1v) is 10.9. The van der Waals surface area contributed by atoms with Crippen molar-refractivity contribution in [2.24, 2.45) is 0 Å². The fraction of sp³-hybridized carbons (Fsp3) is 0.250. The van der Waals surface area contributed by atoms with Gasteiger partial charge in [0.15, 0.2) is 5.69 Å². The zero-order chi connectivity index (χ0) is 24.6. The fourth-order valence-corrected chi connectivity index (χ4v) is 3.90. The standard InChI is InChI=1S/C24H23ClN4O5/c1-24(2,3)34-23(33)26-15-7-9-16(10-8-15)28-12-11-18-19(22(31)32)27-29(20(18)21(28)30)17-6-4-5-14(25)13-17/h4-10,13H,11-12H2,1-3H3,(H,26,33)(H,31,32). The maximum Gasteiger partial charge on any atom is 0.412 e. The minimum Gasteiger partial charge on any atom is -0.476 e. The van der Waals surface area contributed by atoms with E-state index in [4.69, 9.17) is 16.3 Å². The normalized spacial score (nSPS) is 13.4. The van der Waals surface area contributed by atoms with E-state index in [0.29, 0.717) is 34.1 Å². The number of carbonyl (C=O) groups excluding carboxylic acids is 2. The molecule has 1 aliphatic heterocycles. The molecule has 0 bridgehead atoms. The summed E-state index contributed by atoms with van der Waals surface area (Å²) in [6.07, 6.45) is -0.258. The molecule has 0 spiro atoms. The first-order valence-electron chi connectivity index (χ1n) is 10.6. The first-order chi connectivity index (χ1) is 16.0. The third-order valence-electron chi connectivity index (χ3n) is 5.10. The van der Waals surface area contributed by atoms with Gasteiger partial charge in [-0.25, -0.2) is 14.3 Å². The summed E-state index contributed by atoms with van der Waals surface area (Å²) < 4.78 is 6.58. The molecule has 2 N–H and O–H groups in total. The van der Waals surface area contributed by atoms with Gasteiger partial charge in [-0.2, -0.15) is 5.10 Å². The minimum atomic E-state index is -1.20. The van der Waals surface area contributed by atoms with Gasteiger partial charge in [0, 0.05) is 28.5 Å². The summed E-state index contributed by atoms with van der Waals surface area (Å²) >= 11 is 6.10. The maximum atomic E-state index is 13.5. The minimum absolute atomic E-state index is 0.153. The van der Waals surface area contributed by atoms with Crippen LogP contribution in [-0.4, -0.2) is 45.0 Å². The number of carboxylic acid groups (broad SMARTS) is 1. The second-order valence-corrected chi connectivity index (χ2v) is 9.19. The lowest BCUT2D eigenvalue weighted by Crippen LogP contribution is -2.39. The average molecular weight is 483 g/mol. The van der Waals surface area contributed by atoms with Gasteiger partial charge >= 0.3 is 12.1 Å². The lowest BCUT2D eigenvalue weighted by Gasteiger charge is -2.28. The number of aromatic carboxylic acids is 1. The van der Waals surface area contributed by atoms with Crippen LogP contribution >= 0.6 is 11.6 Å². The summed E-state index contributed by atoms with van der Waals surface area (Å²) in [5.41, 5.74) is 1.39. The van der Waals surface area contributed by atoms with Crippen LogP contribution < -0.4 is 10.2 Å². The molecule has 1 aromatic heterocycles. The Balaban J connectivity index is 1.64. The Morgan fingerprint density at radius 2 is 1.82 bits per heavy atom. The predicted molar refractivity (Wildman–Crippen MR) is 127 cm³/mol. The zero-order valence-corrected chi connectivity index (χ0v) is 19.6. The number of fused-ring (bicyclic) bond motifs is 1. The molecule has 4 rings (SSSR count). The van der Waals surface area contributed by atoms with Crippen LogP contribution in [0.5, 0.6) is 0 Å². The highest BCUT2D eigenvalue weighted by molar-refractivity contribution is 6.30. The molecule has 10 heteroatoms. The van der Waals surface area contributed by atoms with Crippen LogP contribution in [0.25, 0.3) is 5.69 Å². The van der Waals surface area contributed by atoms with Crippen molar-refractivity contribution in [3.05, 3.63) is 70.5 Å². The number of benzene rings is 2. The number of amides is 2. The molecule has 9 nitrogen and oxygen atoms in total. The highest BCUT2D eigenvalue weighted by Gasteiger charge is 2.35. The molecule has 0 radical (unpaired) electrons. The SMILES string of the molecule is CC(C)(C)OC(=O)Nc1ccc(N2CCc3c(C(=O)O)nn(-c4cccc(Cl)c4)c3C2=O)cc1. The van der Waals surface area contributed by atoms with Crippen LogP contribution in [0, 0.1) is 0 Å². The van der Waals surface area contributed by atoms with Crippen LogP contribution in [0.15, 0.2) is 48.5 Å². The number of ether oxygens (including phenoxy) is 1. The Kier molecular flexibility index (Phi) is 6.05. The monoisotopic (exact) mass is 482 g/mol. The molecule has 0 saturated heterocycles. The van der Waals surface area contributed by atoms with Gasteiger partial charge in [-0.1, -0.05) is 17.7 Å². The van der Waals surface area contributed by atoms with Gasteiger partial charge in [0.1, 0.15) is 11.3 Å². The van der Waals surface area contributed by atoms with Crippen LogP contribution in [0.1, 0.15) is 47.3 Å². The molecule has 2 amide bonds. The highest BCUT2D eigenvalue weighted by atomic mass is 35.5. The summed E-state index contributed by atoms with van der Waals surface area (Å²) in [7, 11) is 0. The number of anilines is 2. The summed E-state index contributed by atoms with van der Waals surface area (Å²) in [5, 5.41) is 16.9. The first kappa shape index (κ1) is 23.3. The average Bonchev–Trinajstić information content (AvgIpc) is 3.14. The maximum absolute atomic E-state index is 13.5. The summed E-state index contributed by atoms with van der Waals surface area (Å²) in [6, 6.07) is 13.4. The van der Waals surface area contributed by atoms with Crippen molar-refractivity contribution < 1.29 is 24.2 Å². The largest absolute Gasteiger partial charge is 0.476 e. The number of halogens is 1. The topological polar surface area (TPSA) is 114 Å². The van der Waals surface area contributed by atoms with Gasteiger partial charge in [0.25, 0.3) is 5.91 Å². The van der Waals surface area contributed by atoms with Crippen molar-refractivity contribution in [1.29, 1.82) is 0 Å². The van der Waals surface area contributed by atoms with Crippen LogP contribution in [0.3, 0.4) is 0 Å². The van der Waals surface area contributed by atoms with Crippen molar-refractivity contribution in [3.8, 4) is 5.69 Å². The molecule has 2 heterocycles. The van der Waals surface area contributed by atoms with Crippen molar-refractivity contribution in [1.82, 2.24) is 9.78 Å². The van der Waals surface area contributed by atoms with Crippen molar-refractivity contribution >= 4 is 40.9 Å². The highest BCUT2D eigenvalue weighted by Crippen LogP contribution is 2.30. The molecular formula is C24H23ClN4O5. The van der Waals surface area contributed by atoms with Crippen molar-refractivity contribution in [3.63, 3.8) is 0 Å². The molecule has 3 aromatic rings. The Hall–Kier alpha value is -3.85. The number of hydrogen-bond acceptors (Lipinski definition) is 5. The third-order valence-corrected chi connectivity index (χ3v) is 5.33. The second kappa shape index (κ2) is 8.83. The Morgan fingerprint density at radius 1 is 1.12 bits per heavy atom. The lowest BCUT2D eigenvalue weighted by molar-refractivity contribution is 0.0633. The summed E-state index contributed by atoms with van der Waals surface area (Å²) in [4.78, 5) is 38.8. The molecule has 176 valence electrons. The zero-order valence-electron chi connectivity index (χ0n) is 18.8. The van der Waals surface area contributed by atoms with E-state index in [2.05, 4.69) is 10.4 Å². The smallest absolute Gasteiger partial charge is 0.412 e. The van der Waals surface area contributed by atoms with E-state index < -0.39 is 17.7 Å². The van der Waals surface area contributed by atoms with Gasteiger partial charge in [0.2, 0.25) is 0 Å². The Morgan fingerprint density at radius 3 is 2.44 bits per heavy atom. The predicted octanol–water partition coefficient (Wildman–Crippen LogP) is 4.77. The van der Waals surface area contributed by atoms with Gasteiger partial charge in [-0.3, -0.25) is 10.1 Å². The molecule has 1 aliphatic rings. The number of nitrogens with zero attached hydrogens (tertiary/aromatic N) is 3. The molecule has 0 aliphatic carbocycles. The van der Waals surface area contributed by atoms with Gasteiger partial charge < -0.3 is 14.7 Å². The Labute approximate surface area is 200 Å². The van der Waals surface area contributed by atoms with Gasteiger partial charge in [-0.15, -0.1) is 0 Å². The van der Waals surface area contributed by atoms with Crippen molar-refractivity contribution in [2.45, 2.75) is 32.8 Å². The van der Waals surface area contributed by atoms with Crippen LogP contribution in [0.2, 0.25) is 5.02 Å². The molecule has 0 saturated carbocycles. The van der Waals surface area contributed by atoms with Crippen LogP contribution in [-0.2, 0) is 11.2 Å². The third kappa shape index (κ3) is 4.74. The van der Waals surface area contributed by atoms with E-state index in [1.165, 1.54) is 4.68 Å². The van der Waals surface area contributed by atoms with Gasteiger partial charge in [-0.05, 0) is 69.7 Å². The second-order valence-electron chi connectivity index (χ2n) is 8.75.